The summed E-state index contributed by atoms with van der Waals surface area (Å²) in [5, 5.41) is 3.49. The van der Waals surface area contributed by atoms with E-state index >= 15 is 0 Å². The Hall–Kier alpha value is -2.28. The number of hydrogen-bond acceptors (Lipinski definition) is 4. The lowest BCUT2D eigenvalue weighted by atomic mass is 10.2. The Morgan fingerprint density at radius 3 is 2.89 bits per heavy atom. The Morgan fingerprint density at radius 2 is 2.07 bits per heavy atom. The maximum Gasteiger partial charge on any atom is 0.265 e. The largest absolute Gasteiger partial charge is 0.482 e. The highest BCUT2D eigenvalue weighted by Crippen LogP contribution is 2.31. The molecule has 3 aliphatic heterocycles. The number of guanidine groups is 1. The first-order chi connectivity index (χ1) is 13.8. The van der Waals surface area contributed by atoms with Gasteiger partial charge in [-0.1, -0.05) is 12.1 Å². The van der Waals surface area contributed by atoms with Gasteiger partial charge in [-0.05, 0) is 50.9 Å². The highest BCUT2D eigenvalue weighted by Gasteiger charge is 2.30. The van der Waals surface area contributed by atoms with Gasteiger partial charge in [-0.25, -0.2) is 0 Å². The standard InChI is InChI=1S/C21H31N5O2/c1-22-21(25-14-9-17(15-25)24-11-4-5-12-24)23-10-6-13-26-18-7-2-3-8-19(18)28-16-20(26)27/h2-3,7-8,17H,4-6,9-16H2,1H3,(H,22,23). The first kappa shape index (κ1) is 19.1. The predicted octanol–water partition coefficient (Wildman–Crippen LogP) is 1.55. The number of nitrogens with one attached hydrogen (secondary N) is 1. The fraction of sp³-hybridized carbons (Fsp3) is 0.619. The second-order valence-corrected chi connectivity index (χ2v) is 7.76. The Labute approximate surface area is 167 Å². The summed E-state index contributed by atoms with van der Waals surface area (Å²) in [5.41, 5.74) is 0.871. The molecule has 1 N–H and O–H groups in total. The minimum Gasteiger partial charge on any atom is -0.482 e. The first-order valence-electron chi connectivity index (χ1n) is 10.5. The predicted molar refractivity (Wildman–Crippen MR) is 111 cm³/mol. The summed E-state index contributed by atoms with van der Waals surface area (Å²) in [6, 6.07) is 8.41. The van der Waals surface area contributed by atoms with Gasteiger partial charge >= 0.3 is 0 Å². The zero-order chi connectivity index (χ0) is 19.3. The van der Waals surface area contributed by atoms with Crippen molar-refractivity contribution in [3.05, 3.63) is 24.3 Å². The lowest BCUT2D eigenvalue weighted by Crippen LogP contribution is -2.44. The van der Waals surface area contributed by atoms with Crippen LogP contribution in [0.3, 0.4) is 0 Å². The van der Waals surface area contributed by atoms with Gasteiger partial charge in [0.15, 0.2) is 12.6 Å². The van der Waals surface area contributed by atoms with Crippen molar-refractivity contribution in [1.82, 2.24) is 15.1 Å². The number of likely N-dealkylation sites (tertiary alicyclic amines) is 2. The lowest BCUT2D eigenvalue weighted by Gasteiger charge is -2.29. The van der Waals surface area contributed by atoms with Gasteiger partial charge in [0.1, 0.15) is 5.75 Å². The molecule has 0 aliphatic carbocycles. The van der Waals surface area contributed by atoms with Crippen molar-refractivity contribution >= 4 is 17.6 Å². The van der Waals surface area contributed by atoms with Gasteiger partial charge in [0.05, 0.1) is 5.69 Å². The number of ether oxygens (including phenoxy) is 1. The third-order valence-corrected chi connectivity index (χ3v) is 5.98. The SMILES string of the molecule is CN=C(NCCCN1C(=O)COc2ccccc21)N1CCC(N2CCCC2)C1. The lowest BCUT2D eigenvalue weighted by molar-refractivity contribution is -0.121. The number of fused-ring (bicyclic) bond motifs is 1. The average molecular weight is 386 g/mol. The van der Waals surface area contributed by atoms with Gasteiger partial charge in [0.2, 0.25) is 0 Å². The molecule has 1 aromatic rings. The van der Waals surface area contributed by atoms with Gasteiger partial charge in [-0.3, -0.25) is 14.7 Å². The Balaban J connectivity index is 1.25. The number of carbonyl (C=O) groups is 1. The number of aliphatic imine (C=N–C) groups is 1. The molecule has 3 aliphatic rings. The molecule has 1 unspecified atom stereocenters. The van der Waals surface area contributed by atoms with Crippen molar-refractivity contribution in [2.24, 2.45) is 4.99 Å². The van der Waals surface area contributed by atoms with Crippen molar-refractivity contribution in [2.75, 3.05) is 57.8 Å². The van der Waals surface area contributed by atoms with Gasteiger partial charge in [-0.2, -0.15) is 0 Å². The van der Waals surface area contributed by atoms with Crippen LogP contribution in [0, 0.1) is 0 Å². The molecule has 2 fully saturated rings. The van der Waals surface area contributed by atoms with E-state index in [0.29, 0.717) is 12.6 Å². The summed E-state index contributed by atoms with van der Waals surface area (Å²) in [6.45, 7) is 6.23. The molecule has 7 nitrogen and oxygen atoms in total. The molecule has 0 saturated carbocycles. The monoisotopic (exact) mass is 385 g/mol. The summed E-state index contributed by atoms with van der Waals surface area (Å²) >= 11 is 0. The van der Waals surface area contributed by atoms with E-state index in [1.807, 2.05) is 36.2 Å². The van der Waals surface area contributed by atoms with Gasteiger partial charge < -0.3 is 19.9 Å². The number of para-hydroxylation sites is 2. The fourth-order valence-corrected chi connectivity index (χ4v) is 4.51. The maximum atomic E-state index is 12.3. The molecule has 0 spiro atoms. The summed E-state index contributed by atoms with van der Waals surface area (Å²) < 4.78 is 5.51. The second-order valence-electron chi connectivity index (χ2n) is 7.76. The van der Waals surface area contributed by atoms with Crippen molar-refractivity contribution < 1.29 is 9.53 Å². The van der Waals surface area contributed by atoms with Crippen LogP contribution < -0.4 is 15.0 Å². The number of amides is 1. The molecular weight excluding hydrogens is 354 g/mol. The minimum atomic E-state index is 0.0241. The second kappa shape index (κ2) is 8.82. The van der Waals surface area contributed by atoms with Crippen LogP contribution in [0.1, 0.15) is 25.7 Å². The molecule has 152 valence electrons. The normalized spacial score (nSPS) is 23.1. The van der Waals surface area contributed by atoms with Crippen molar-refractivity contribution in [1.29, 1.82) is 0 Å². The minimum absolute atomic E-state index is 0.0241. The number of benzene rings is 1. The number of rotatable bonds is 5. The molecule has 1 amide bonds. The molecule has 28 heavy (non-hydrogen) atoms. The van der Waals surface area contributed by atoms with Crippen LogP contribution in [-0.4, -0.2) is 80.6 Å². The molecule has 0 radical (unpaired) electrons. The topological polar surface area (TPSA) is 60.4 Å². The van der Waals surface area contributed by atoms with E-state index in [1.165, 1.54) is 32.4 Å². The molecule has 1 atom stereocenters. The number of nitrogens with zero attached hydrogens (tertiary/aromatic N) is 4. The van der Waals surface area contributed by atoms with E-state index in [4.69, 9.17) is 4.74 Å². The molecule has 2 saturated heterocycles. The quantitative estimate of drug-likeness (QED) is 0.473. The third kappa shape index (κ3) is 4.09. The van der Waals surface area contributed by atoms with Crippen LogP contribution in [-0.2, 0) is 4.79 Å². The van der Waals surface area contributed by atoms with Gasteiger partial charge in [-0.15, -0.1) is 0 Å². The van der Waals surface area contributed by atoms with Gasteiger partial charge in [0, 0.05) is 39.3 Å². The molecule has 3 heterocycles. The van der Waals surface area contributed by atoms with Crippen molar-refractivity contribution in [2.45, 2.75) is 31.7 Å². The Bertz CT molecular complexity index is 717. The molecule has 7 heteroatoms. The first-order valence-corrected chi connectivity index (χ1v) is 10.5. The van der Waals surface area contributed by atoms with Crippen LogP contribution in [0.15, 0.2) is 29.3 Å². The summed E-state index contributed by atoms with van der Waals surface area (Å²) in [5.74, 6) is 1.79. The van der Waals surface area contributed by atoms with Crippen LogP contribution in [0.25, 0.3) is 0 Å². The average Bonchev–Trinajstić information content (AvgIpc) is 3.41. The molecular formula is C21H31N5O2. The number of anilines is 1. The smallest absolute Gasteiger partial charge is 0.265 e. The van der Waals surface area contributed by atoms with E-state index in [1.54, 1.807) is 0 Å². The van der Waals surface area contributed by atoms with E-state index < -0.39 is 0 Å². The zero-order valence-corrected chi connectivity index (χ0v) is 16.8. The van der Waals surface area contributed by atoms with E-state index in [-0.39, 0.29) is 12.5 Å². The van der Waals surface area contributed by atoms with E-state index in [0.717, 1.165) is 43.5 Å². The number of carbonyl (C=O) groups excluding carboxylic acids is 1. The summed E-state index contributed by atoms with van der Waals surface area (Å²) in [4.78, 5) is 23.6. The van der Waals surface area contributed by atoms with Crippen molar-refractivity contribution in [3.8, 4) is 5.75 Å². The molecule has 0 bridgehead atoms. The van der Waals surface area contributed by atoms with Crippen LogP contribution in [0.2, 0.25) is 0 Å². The van der Waals surface area contributed by atoms with E-state index in [2.05, 4.69) is 20.1 Å². The summed E-state index contributed by atoms with van der Waals surface area (Å²) in [6.07, 6.45) is 4.77. The summed E-state index contributed by atoms with van der Waals surface area (Å²) in [7, 11) is 1.85. The van der Waals surface area contributed by atoms with Crippen molar-refractivity contribution in [3.63, 3.8) is 0 Å². The van der Waals surface area contributed by atoms with Crippen LogP contribution >= 0.6 is 0 Å². The third-order valence-electron chi connectivity index (χ3n) is 5.98. The van der Waals surface area contributed by atoms with Crippen LogP contribution in [0.4, 0.5) is 5.69 Å². The fourth-order valence-electron chi connectivity index (χ4n) is 4.51. The zero-order valence-electron chi connectivity index (χ0n) is 16.8. The maximum absolute atomic E-state index is 12.3. The number of hydrogen-bond donors (Lipinski definition) is 1. The molecule has 4 rings (SSSR count). The van der Waals surface area contributed by atoms with Crippen LogP contribution in [0.5, 0.6) is 5.75 Å². The highest BCUT2D eigenvalue weighted by atomic mass is 16.5. The van der Waals surface area contributed by atoms with E-state index in [9.17, 15) is 4.79 Å². The highest BCUT2D eigenvalue weighted by molar-refractivity contribution is 5.97. The molecule has 0 aromatic heterocycles. The molecule has 1 aromatic carbocycles. The Morgan fingerprint density at radius 1 is 1.25 bits per heavy atom. The van der Waals surface area contributed by atoms with Gasteiger partial charge in [0.25, 0.3) is 5.91 Å². The Kier molecular flexibility index (Phi) is 6.00.